The van der Waals surface area contributed by atoms with E-state index in [9.17, 15) is 20.0 Å². The SMILES string of the molecule is Nc1ccc(NN2C(=O)C=CC2O)c([N+](=O)[O-])c1. The summed E-state index contributed by atoms with van der Waals surface area (Å²) in [5.74, 6) is -0.492. The monoisotopic (exact) mass is 250 g/mol. The van der Waals surface area contributed by atoms with Gasteiger partial charge in [0.1, 0.15) is 5.69 Å². The molecule has 0 radical (unpaired) electrons. The lowest BCUT2D eigenvalue weighted by molar-refractivity contribution is -0.384. The minimum Gasteiger partial charge on any atom is -0.399 e. The van der Waals surface area contributed by atoms with Gasteiger partial charge in [-0.15, -0.1) is 0 Å². The summed E-state index contributed by atoms with van der Waals surface area (Å²) in [6, 6.07) is 3.99. The van der Waals surface area contributed by atoms with Gasteiger partial charge < -0.3 is 10.8 Å². The molecule has 2 rings (SSSR count). The van der Waals surface area contributed by atoms with Gasteiger partial charge in [0.2, 0.25) is 0 Å². The summed E-state index contributed by atoms with van der Waals surface area (Å²) in [7, 11) is 0. The predicted octanol–water partition coefficient (Wildman–Crippen LogP) is 0.221. The molecule has 1 aliphatic rings. The lowest BCUT2D eigenvalue weighted by Gasteiger charge is -2.22. The Morgan fingerprint density at radius 3 is 2.78 bits per heavy atom. The Bertz CT molecular complexity index is 543. The van der Waals surface area contributed by atoms with Crippen LogP contribution in [-0.4, -0.2) is 27.2 Å². The van der Waals surface area contributed by atoms with Gasteiger partial charge in [-0.1, -0.05) is 0 Å². The number of rotatable bonds is 3. The summed E-state index contributed by atoms with van der Waals surface area (Å²) in [6.07, 6.45) is 1.27. The number of aliphatic hydroxyl groups excluding tert-OH is 1. The van der Waals surface area contributed by atoms with Crippen molar-refractivity contribution >= 4 is 23.0 Å². The van der Waals surface area contributed by atoms with E-state index in [4.69, 9.17) is 5.73 Å². The molecular formula is C10H10N4O4. The zero-order chi connectivity index (χ0) is 13.3. The van der Waals surface area contributed by atoms with Crippen LogP contribution in [0.5, 0.6) is 0 Å². The number of anilines is 2. The van der Waals surface area contributed by atoms with Crippen LogP contribution in [0, 0.1) is 10.1 Å². The number of carbonyl (C=O) groups excluding carboxylic acids is 1. The number of nitrogens with one attached hydrogen (secondary N) is 1. The van der Waals surface area contributed by atoms with Crippen LogP contribution in [-0.2, 0) is 4.79 Å². The average Bonchev–Trinajstić information content (AvgIpc) is 2.62. The first kappa shape index (κ1) is 11.9. The van der Waals surface area contributed by atoms with E-state index in [1.807, 2.05) is 0 Å². The van der Waals surface area contributed by atoms with Crippen LogP contribution in [0.4, 0.5) is 17.1 Å². The van der Waals surface area contributed by atoms with E-state index in [1.165, 1.54) is 30.4 Å². The number of nitrogen functional groups attached to an aromatic ring is 1. The van der Waals surface area contributed by atoms with E-state index in [0.717, 1.165) is 5.01 Å². The largest absolute Gasteiger partial charge is 0.399 e. The molecule has 1 atom stereocenters. The van der Waals surface area contributed by atoms with Crippen LogP contribution in [0.1, 0.15) is 0 Å². The van der Waals surface area contributed by atoms with Crippen molar-refractivity contribution in [3.63, 3.8) is 0 Å². The Balaban J connectivity index is 2.29. The second-order valence-electron chi connectivity index (χ2n) is 3.63. The highest BCUT2D eigenvalue weighted by Gasteiger charge is 2.26. The molecule has 1 aromatic rings. The fraction of sp³-hybridized carbons (Fsp3) is 0.100. The van der Waals surface area contributed by atoms with Crippen LogP contribution in [0.3, 0.4) is 0 Å². The number of hydrogen-bond acceptors (Lipinski definition) is 6. The summed E-state index contributed by atoms with van der Waals surface area (Å²) in [4.78, 5) is 21.6. The predicted molar refractivity (Wildman–Crippen MR) is 63.1 cm³/mol. The molecule has 0 aromatic heterocycles. The molecular weight excluding hydrogens is 240 g/mol. The first-order chi connectivity index (χ1) is 8.49. The molecule has 18 heavy (non-hydrogen) atoms. The highest BCUT2D eigenvalue weighted by atomic mass is 16.6. The fourth-order valence-electron chi connectivity index (χ4n) is 1.51. The molecule has 0 fully saturated rings. The van der Waals surface area contributed by atoms with Crippen LogP contribution in [0.25, 0.3) is 0 Å². The van der Waals surface area contributed by atoms with Gasteiger partial charge in [0.05, 0.1) is 4.92 Å². The van der Waals surface area contributed by atoms with Crippen LogP contribution >= 0.6 is 0 Å². The first-order valence-corrected chi connectivity index (χ1v) is 4.99. The normalized spacial score (nSPS) is 18.2. The van der Waals surface area contributed by atoms with Crippen molar-refractivity contribution in [3.8, 4) is 0 Å². The lowest BCUT2D eigenvalue weighted by atomic mass is 10.2. The molecule has 1 aromatic carbocycles. The van der Waals surface area contributed by atoms with Crippen molar-refractivity contribution in [2.45, 2.75) is 6.23 Å². The maximum absolute atomic E-state index is 11.4. The Kier molecular flexibility index (Phi) is 2.86. The van der Waals surface area contributed by atoms with Crippen molar-refractivity contribution in [1.82, 2.24) is 5.01 Å². The Morgan fingerprint density at radius 2 is 2.22 bits per heavy atom. The van der Waals surface area contributed by atoms with Gasteiger partial charge in [-0.3, -0.25) is 20.3 Å². The van der Waals surface area contributed by atoms with E-state index in [1.54, 1.807) is 0 Å². The molecule has 8 nitrogen and oxygen atoms in total. The summed E-state index contributed by atoms with van der Waals surface area (Å²) >= 11 is 0. The van der Waals surface area contributed by atoms with Crippen molar-refractivity contribution < 1.29 is 14.8 Å². The maximum atomic E-state index is 11.4. The molecule has 0 aliphatic carbocycles. The third-order valence-electron chi connectivity index (χ3n) is 2.37. The molecule has 4 N–H and O–H groups in total. The zero-order valence-corrected chi connectivity index (χ0v) is 9.11. The highest BCUT2D eigenvalue weighted by Crippen LogP contribution is 2.27. The maximum Gasteiger partial charge on any atom is 0.296 e. The second kappa shape index (κ2) is 4.34. The third-order valence-corrected chi connectivity index (χ3v) is 2.37. The number of nitro groups is 1. The van der Waals surface area contributed by atoms with Gasteiger partial charge in [-0.25, -0.2) is 5.01 Å². The van der Waals surface area contributed by atoms with Crippen molar-refractivity contribution in [2.75, 3.05) is 11.2 Å². The number of nitrogens with zero attached hydrogens (tertiary/aromatic N) is 2. The van der Waals surface area contributed by atoms with Crippen molar-refractivity contribution in [1.29, 1.82) is 0 Å². The van der Waals surface area contributed by atoms with Gasteiger partial charge in [-0.05, 0) is 18.2 Å². The minimum absolute atomic E-state index is 0.0744. The Morgan fingerprint density at radius 1 is 1.50 bits per heavy atom. The first-order valence-electron chi connectivity index (χ1n) is 4.99. The molecule has 1 aliphatic heterocycles. The fourth-order valence-corrected chi connectivity index (χ4v) is 1.51. The van der Waals surface area contributed by atoms with Gasteiger partial charge in [-0.2, -0.15) is 0 Å². The molecule has 0 bridgehead atoms. The van der Waals surface area contributed by atoms with Crippen LogP contribution in [0.15, 0.2) is 30.4 Å². The summed E-state index contributed by atoms with van der Waals surface area (Å²) in [6.45, 7) is 0. The topological polar surface area (TPSA) is 122 Å². The van der Waals surface area contributed by atoms with Gasteiger partial charge in [0.15, 0.2) is 6.23 Å². The standard InChI is InChI=1S/C10H10N4O4/c11-6-1-2-7(8(5-6)14(17)18)12-13-9(15)3-4-10(13)16/h1-5,9,12,15H,11H2. The molecule has 0 saturated carbocycles. The van der Waals surface area contributed by atoms with Crippen LogP contribution in [0.2, 0.25) is 0 Å². The van der Waals surface area contributed by atoms with E-state index in [-0.39, 0.29) is 17.1 Å². The molecule has 0 saturated heterocycles. The quantitative estimate of drug-likeness (QED) is 0.400. The second-order valence-corrected chi connectivity index (χ2v) is 3.63. The number of carbonyl (C=O) groups is 1. The summed E-state index contributed by atoms with van der Waals surface area (Å²) in [5.41, 5.74) is 7.98. The number of hydrazine groups is 1. The van der Waals surface area contributed by atoms with E-state index in [0.29, 0.717) is 0 Å². The molecule has 94 valence electrons. The van der Waals surface area contributed by atoms with Crippen molar-refractivity contribution in [2.24, 2.45) is 0 Å². The van der Waals surface area contributed by atoms with Gasteiger partial charge >= 0.3 is 0 Å². The number of amides is 1. The minimum atomic E-state index is -1.16. The molecule has 1 amide bonds. The zero-order valence-electron chi connectivity index (χ0n) is 9.11. The van der Waals surface area contributed by atoms with Gasteiger partial charge in [0, 0.05) is 17.8 Å². The molecule has 0 spiro atoms. The smallest absolute Gasteiger partial charge is 0.296 e. The summed E-state index contributed by atoms with van der Waals surface area (Å²) < 4.78 is 0. The molecule has 8 heteroatoms. The number of aliphatic hydroxyl groups is 1. The Labute approximate surface area is 101 Å². The molecule has 1 heterocycles. The van der Waals surface area contributed by atoms with Crippen molar-refractivity contribution in [3.05, 3.63) is 40.5 Å². The van der Waals surface area contributed by atoms with Crippen LogP contribution < -0.4 is 11.2 Å². The third kappa shape index (κ3) is 2.09. The number of nitro benzene ring substituents is 1. The van der Waals surface area contributed by atoms with Gasteiger partial charge in [0.25, 0.3) is 11.6 Å². The number of nitrogens with two attached hydrogens (primary N) is 1. The van der Waals surface area contributed by atoms with E-state index in [2.05, 4.69) is 5.43 Å². The highest BCUT2D eigenvalue weighted by molar-refractivity contribution is 5.91. The number of hydrogen-bond donors (Lipinski definition) is 3. The number of benzene rings is 1. The van der Waals surface area contributed by atoms with E-state index < -0.39 is 17.1 Å². The average molecular weight is 250 g/mol. The van der Waals surface area contributed by atoms with E-state index >= 15 is 0 Å². The molecule has 1 unspecified atom stereocenters. The lowest BCUT2D eigenvalue weighted by Crippen LogP contribution is -2.38. The Hall–Kier alpha value is -2.61. The summed E-state index contributed by atoms with van der Waals surface area (Å²) in [5, 5.41) is 21.2.